The highest BCUT2D eigenvalue weighted by atomic mass is 16.3. The van der Waals surface area contributed by atoms with E-state index in [1.54, 1.807) is 0 Å². The summed E-state index contributed by atoms with van der Waals surface area (Å²) in [7, 11) is 0. The molecule has 3 rings (SSSR count). The summed E-state index contributed by atoms with van der Waals surface area (Å²) in [6.07, 6.45) is 0.606. The average Bonchev–Trinajstić information content (AvgIpc) is 2.94. The van der Waals surface area contributed by atoms with Crippen LogP contribution in [-0.4, -0.2) is 50.1 Å². The first kappa shape index (κ1) is 12.3. The highest BCUT2D eigenvalue weighted by molar-refractivity contribution is 5.85. The van der Waals surface area contributed by atoms with Crippen molar-refractivity contribution in [2.75, 3.05) is 12.3 Å². The Balaban J connectivity index is 2.04. The largest absolute Gasteiger partial charge is 0.458 e. The molecule has 6 N–H and O–H groups in total. The molecule has 0 amide bonds. The summed E-state index contributed by atoms with van der Waals surface area (Å²) in [6, 6.07) is -1.17. The molecule has 0 saturated carbocycles. The number of rotatable bonds is 2. The van der Waals surface area contributed by atoms with Gasteiger partial charge in [0.25, 0.3) is 0 Å². The monoisotopic (exact) mass is 266 g/mol. The van der Waals surface area contributed by atoms with E-state index in [0.29, 0.717) is 16.7 Å². The Hall–Kier alpha value is -1.74. The number of hydrogen-bond donors (Lipinski definition) is 5. The number of nitrogens with two attached hydrogens (primary N) is 1. The molecular formula is C11H14N4O4. The average molecular weight is 266 g/mol. The van der Waals surface area contributed by atoms with Gasteiger partial charge in [0, 0.05) is 5.56 Å². The van der Waals surface area contributed by atoms with Crippen molar-refractivity contribution in [2.24, 2.45) is 0 Å². The normalized spacial score (nSPS) is 31.1. The van der Waals surface area contributed by atoms with E-state index in [1.165, 1.54) is 12.6 Å². The fourth-order valence-corrected chi connectivity index (χ4v) is 2.41. The van der Waals surface area contributed by atoms with Crippen LogP contribution in [0.25, 0.3) is 11.1 Å². The van der Waals surface area contributed by atoms with Crippen molar-refractivity contribution >= 4 is 16.9 Å². The Morgan fingerprint density at radius 3 is 2.79 bits per heavy atom. The molecule has 0 unspecified atom stereocenters. The third-order valence-electron chi connectivity index (χ3n) is 3.44. The van der Waals surface area contributed by atoms with Crippen molar-refractivity contribution in [1.29, 1.82) is 0 Å². The summed E-state index contributed by atoms with van der Waals surface area (Å²) < 4.78 is 5.30. The minimum atomic E-state index is -1.06. The number of furan rings is 1. The molecule has 19 heavy (non-hydrogen) atoms. The first-order valence-corrected chi connectivity index (χ1v) is 5.84. The maximum atomic E-state index is 10.0. The van der Waals surface area contributed by atoms with Gasteiger partial charge in [0.1, 0.15) is 17.9 Å². The topological polar surface area (TPSA) is 138 Å². The number of aromatic nitrogens is 2. The predicted molar refractivity (Wildman–Crippen MR) is 65.0 cm³/mol. The minimum Gasteiger partial charge on any atom is -0.458 e. The van der Waals surface area contributed by atoms with E-state index in [-0.39, 0.29) is 12.4 Å². The lowest BCUT2D eigenvalue weighted by molar-refractivity contribution is 0.0195. The molecule has 102 valence electrons. The molecule has 1 aliphatic heterocycles. The van der Waals surface area contributed by atoms with Crippen LogP contribution in [0.4, 0.5) is 5.82 Å². The maximum Gasteiger partial charge on any atom is 0.194 e. The zero-order valence-electron chi connectivity index (χ0n) is 9.89. The molecule has 8 nitrogen and oxygen atoms in total. The zero-order chi connectivity index (χ0) is 13.6. The van der Waals surface area contributed by atoms with Crippen LogP contribution in [0.15, 0.2) is 17.0 Å². The lowest BCUT2D eigenvalue weighted by atomic mass is 10.0. The first-order valence-electron chi connectivity index (χ1n) is 5.84. The molecule has 8 heteroatoms. The van der Waals surface area contributed by atoms with Gasteiger partial charge in [0.2, 0.25) is 0 Å². The van der Waals surface area contributed by atoms with Gasteiger partial charge < -0.3 is 30.8 Å². The lowest BCUT2D eigenvalue weighted by Crippen LogP contribution is -2.35. The van der Waals surface area contributed by atoms with Crippen LogP contribution in [0.5, 0.6) is 0 Å². The fraction of sp³-hybridized carbons (Fsp3) is 0.455. The summed E-state index contributed by atoms with van der Waals surface area (Å²) >= 11 is 0. The Morgan fingerprint density at radius 1 is 1.32 bits per heavy atom. The van der Waals surface area contributed by atoms with Crippen LogP contribution in [0.1, 0.15) is 11.6 Å². The van der Waals surface area contributed by atoms with Crippen LogP contribution in [0.3, 0.4) is 0 Å². The van der Waals surface area contributed by atoms with Gasteiger partial charge in [0.15, 0.2) is 11.4 Å². The van der Waals surface area contributed by atoms with Crippen molar-refractivity contribution in [3.05, 3.63) is 18.2 Å². The number of nitrogen functional groups attached to an aromatic ring is 1. The molecule has 0 aromatic carbocycles. The molecule has 1 aliphatic rings. The molecule has 1 saturated heterocycles. The molecule has 2 aromatic heterocycles. The molecule has 1 fully saturated rings. The zero-order valence-corrected chi connectivity index (χ0v) is 9.89. The van der Waals surface area contributed by atoms with E-state index in [2.05, 4.69) is 15.3 Å². The maximum absolute atomic E-state index is 10.0. The number of fused-ring (bicyclic) bond motifs is 1. The second-order valence-corrected chi connectivity index (χ2v) is 4.54. The van der Waals surface area contributed by atoms with Gasteiger partial charge in [-0.1, -0.05) is 0 Å². The van der Waals surface area contributed by atoms with Crippen LogP contribution in [0, 0.1) is 0 Å². The molecule has 0 bridgehead atoms. The highest BCUT2D eigenvalue weighted by Crippen LogP contribution is 2.33. The molecule has 4 atom stereocenters. The predicted octanol–water partition coefficient (Wildman–Crippen LogP) is -1.47. The second kappa shape index (κ2) is 4.42. The van der Waals surface area contributed by atoms with E-state index in [0.717, 1.165) is 0 Å². The molecule has 0 spiro atoms. The second-order valence-electron chi connectivity index (χ2n) is 4.54. The summed E-state index contributed by atoms with van der Waals surface area (Å²) in [4.78, 5) is 7.89. The summed E-state index contributed by atoms with van der Waals surface area (Å²) in [6.45, 7) is -0.276. The number of nitrogens with one attached hydrogen (secondary N) is 1. The lowest BCUT2D eigenvalue weighted by Gasteiger charge is -2.14. The van der Waals surface area contributed by atoms with Crippen molar-refractivity contribution in [3.8, 4) is 0 Å². The van der Waals surface area contributed by atoms with Gasteiger partial charge in [-0.15, -0.1) is 0 Å². The van der Waals surface area contributed by atoms with Gasteiger partial charge in [-0.2, -0.15) is 0 Å². The Bertz CT molecular complexity index is 601. The number of nitrogens with zero attached hydrogens (tertiary/aromatic N) is 2. The van der Waals surface area contributed by atoms with E-state index >= 15 is 0 Å². The van der Waals surface area contributed by atoms with E-state index < -0.39 is 24.3 Å². The molecule has 2 aromatic rings. The Morgan fingerprint density at radius 2 is 2.11 bits per heavy atom. The van der Waals surface area contributed by atoms with E-state index in [4.69, 9.17) is 15.3 Å². The minimum absolute atomic E-state index is 0.211. The van der Waals surface area contributed by atoms with Crippen LogP contribution < -0.4 is 11.1 Å². The van der Waals surface area contributed by atoms with E-state index in [9.17, 15) is 10.2 Å². The van der Waals surface area contributed by atoms with Crippen LogP contribution >= 0.6 is 0 Å². The molecule has 0 aliphatic carbocycles. The van der Waals surface area contributed by atoms with Crippen molar-refractivity contribution < 1.29 is 19.7 Å². The van der Waals surface area contributed by atoms with Gasteiger partial charge in [-0.05, 0) is 0 Å². The standard InChI is InChI=1S/C11H14N4O4/c12-11-10-7(13-3-14-11)4(2-19-10)6-9(18)8(17)5(1-16)15-6/h2-3,5-6,8-9,15-18H,1H2,(H2,12,13,14)/t5-,6+,8-,9+/m1/s1. The van der Waals surface area contributed by atoms with Crippen molar-refractivity contribution in [2.45, 2.75) is 24.3 Å². The fourth-order valence-electron chi connectivity index (χ4n) is 2.41. The highest BCUT2D eigenvalue weighted by Gasteiger charge is 2.42. The van der Waals surface area contributed by atoms with Crippen LogP contribution in [-0.2, 0) is 0 Å². The third-order valence-corrected chi connectivity index (χ3v) is 3.44. The number of hydrogen-bond acceptors (Lipinski definition) is 8. The van der Waals surface area contributed by atoms with Gasteiger partial charge in [-0.25, -0.2) is 9.97 Å². The smallest absolute Gasteiger partial charge is 0.194 e. The molecular weight excluding hydrogens is 252 g/mol. The summed E-state index contributed by atoms with van der Waals surface area (Å²) in [5.74, 6) is 0.211. The van der Waals surface area contributed by atoms with Crippen molar-refractivity contribution in [3.63, 3.8) is 0 Å². The Kier molecular flexibility index (Phi) is 2.86. The SMILES string of the molecule is Nc1ncnc2c([C@@H]3N[C@H](CO)[C@@H](O)[C@H]3O)coc12. The third kappa shape index (κ3) is 1.77. The summed E-state index contributed by atoms with van der Waals surface area (Å²) in [5, 5.41) is 31.9. The number of anilines is 1. The van der Waals surface area contributed by atoms with E-state index in [1.807, 2.05) is 0 Å². The quantitative estimate of drug-likeness (QED) is 0.444. The first-order chi connectivity index (χ1) is 9.13. The number of aliphatic hydroxyl groups excluding tert-OH is 3. The Labute approximate surface area is 107 Å². The van der Waals surface area contributed by atoms with Gasteiger partial charge in [-0.3, -0.25) is 0 Å². The summed E-state index contributed by atoms with van der Waals surface area (Å²) in [5.41, 5.74) is 7.06. The molecule has 0 radical (unpaired) electrons. The van der Waals surface area contributed by atoms with Gasteiger partial charge in [0.05, 0.1) is 31.1 Å². The van der Waals surface area contributed by atoms with Crippen molar-refractivity contribution in [1.82, 2.24) is 15.3 Å². The molecule has 3 heterocycles. The number of aliphatic hydroxyl groups is 3. The van der Waals surface area contributed by atoms with Crippen LogP contribution in [0.2, 0.25) is 0 Å². The van der Waals surface area contributed by atoms with Gasteiger partial charge >= 0.3 is 0 Å².